The van der Waals surface area contributed by atoms with Crippen LogP contribution in [-0.4, -0.2) is 21.4 Å². The van der Waals surface area contributed by atoms with E-state index in [2.05, 4.69) is 29.0 Å². The third-order valence-corrected chi connectivity index (χ3v) is 3.88. The minimum Gasteiger partial charge on any atom is -0.505 e. The Morgan fingerprint density at radius 2 is 1.91 bits per heavy atom. The molecule has 0 bridgehead atoms. The van der Waals surface area contributed by atoms with Gasteiger partial charge in [-0.15, -0.1) is 0 Å². The van der Waals surface area contributed by atoms with E-state index >= 15 is 0 Å². The van der Waals surface area contributed by atoms with Gasteiger partial charge in [-0.3, -0.25) is 9.98 Å². The standard InChI is InChI=1S/C19H24N2O2/c1-3-4-5-6-15-7-9-17(10-8-15)21-12-18-16(13-22)11-20-14(2)19(18)23/h7-12,22-23H,3-6,13H2,1-2H3. The number of aromatic nitrogens is 1. The number of pyridine rings is 1. The molecule has 0 saturated heterocycles. The first-order valence-corrected chi connectivity index (χ1v) is 8.07. The zero-order chi connectivity index (χ0) is 16.7. The summed E-state index contributed by atoms with van der Waals surface area (Å²) in [4.78, 5) is 8.44. The van der Waals surface area contributed by atoms with E-state index in [9.17, 15) is 10.2 Å². The van der Waals surface area contributed by atoms with Crippen LogP contribution >= 0.6 is 0 Å². The van der Waals surface area contributed by atoms with Gasteiger partial charge in [0.05, 0.1) is 18.0 Å². The highest BCUT2D eigenvalue weighted by Gasteiger charge is 2.09. The topological polar surface area (TPSA) is 65.7 Å². The number of aromatic hydroxyl groups is 1. The molecule has 1 heterocycles. The highest BCUT2D eigenvalue weighted by Crippen LogP contribution is 2.23. The summed E-state index contributed by atoms with van der Waals surface area (Å²) in [5.74, 6) is 0.0662. The fraction of sp³-hybridized carbons (Fsp3) is 0.368. The highest BCUT2D eigenvalue weighted by molar-refractivity contribution is 5.87. The summed E-state index contributed by atoms with van der Waals surface area (Å²) in [7, 11) is 0. The van der Waals surface area contributed by atoms with Crippen molar-refractivity contribution in [3.05, 3.63) is 52.8 Å². The number of aryl methyl sites for hydroxylation is 2. The highest BCUT2D eigenvalue weighted by atomic mass is 16.3. The van der Waals surface area contributed by atoms with Crippen LogP contribution in [0.4, 0.5) is 5.69 Å². The molecule has 23 heavy (non-hydrogen) atoms. The fourth-order valence-corrected chi connectivity index (χ4v) is 2.39. The predicted octanol–water partition coefficient (Wildman–Crippen LogP) is 4.07. The van der Waals surface area contributed by atoms with E-state index in [4.69, 9.17) is 0 Å². The molecule has 2 aromatic rings. The number of nitrogens with zero attached hydrogens (tertiary/aromatic N) is 2. The molecule has 0 aliphatic carbocycles. The van der Waals surface area contributed by atoms with E-state index < -0.39 is 0 Å². The molecule has 0 unspecified atom stereocenters. The molecule has 4 nitrogen and oxygen atoms in total. The van der Waals surface area contributed by atoms with Crippen molar-refractivity contribution in [1.29, 1.82) is 0 Å². The van der Waals surface area contributed by atoms with Crippen molar-refractivity contribution in [2.45, 2.75) is 46.1 Å². The number of hydrogen-bond donors (Lipinski definition) is 2. The number of unbranched alkanes of at least 4 members (excludes halogenated alkanes) is 2. The minimum atomic E-state index is -0.182. The summed E-state index contributed by atoms with van der Waals surface area (Å²) in [6.45, 7) is 3.74. The molecule has 1 aromatic carbocycles. The molecule has 2 N–H and O–H groups in total. The number of aliphatic hydroxyl groups excluding tert-OH is 1. The molecule has 2 rings (SSSR count). The quantitative estimate of drug-likeness (QED) is 0.598. The van der Waals surface area contributed by atoms with E-state index in [0.29, 0.717) is 16.8 Å². The molecule has 0 spiro atoms. The fourth-order valence-electron chi connectivity index (χ4n) is 2.39. The molecule has 0 aliphatic heterocycles. The summed E-state index contributed by atoms with van der Waals surface area (Å²) in [6.07, 6.45) is 7.93. The molecule has 4 heteroatoms. The average Bonchev–Trinajstić information content (AvgIpc) is 2.57. The maximum absolute atomic E-state index is 10.1. The normalized spacial score (nSPS) is 11.3. The zero-order valence-electron chi connectivity index (χ0n) is 13.8. The van der Waals surface area contributed by atoms with Gasteiger partial charge in [-0.2, -0.15) is 0 Å². The monoisotopic (exact) mass is 312 g/mol. The lowest BCUT2D eigenvalue weighted by atomic mass is 10.1. The van der Waals surface area contributed by atoms with Crippen molar-refractivity contribution in [1.82, 2.24) is 4.98 Å². The average molecular weight is 312 g/mol. The van der Waals surface area contributed by atoms with Crippen LogP contribution in [0.2, 0.25) is 0 Å². The van der Waals surface area contributed by atoms with Crippen molar-refractivity contribution in [2.75, 3.05) is 0 Å². The van der Waals surface area contributed by atoms with Gasteiger partial charge in [0.25, 0.3) is 0 Å². The number of aliphatic imine (C=N–C) groups is 1. The minimum absolute atomic E-state index is 0.0662. The SMILES string of the molecule is CCCCCc1ccc(N=Cc2c(CO)cnc(C)c2O)cc1. The molecule has 0 aliphatic rings. The van der Waals surface area contributed by atoms with Crippen LogP contribution in [-0.2, 0) is 13.0 Å². The maximum Gasteiger partial charge on any atom is 0.145 e. The second-order valence-electron chi connectivity index (χ2n) is 5.67. The number of rotatable bonds is 7. The maximum atomic E-state index is 10.1. The Balaban J connectivity index is 2.13. The van der Waals surface area contributed by atoms with Crippen LogP contribution in [0.15, 0.2) is 35.5 Å². The zero-order valence-corrected chi connectivity index (χ0v) is 13.8. The Morgan fingerprint density at radius 1 is 1.17 bits per heavy atom. The van der Waals surface area contributed by atoms with E-state index in [1.807, 2.05) is 12.1 Å². The molecule has 0 saturated carbocycles. The second kappa shape index (κ2) is 8.44. The van der Waals surface area contributed by atoms with Crippen molar-refractivity contribution < 1.29 is 10.2 Å². The van der Waals surface area contributed by atoms with Gasteiger partial charge in [0, 0.05) is 23.5 Å². The van der Waals surface area contributed by atoms with Gasteiger partial charge >= 0.3 is 0 Å². The molecule has 0 fully saturated rings. The smallest absolute Gasteiger partial charge is 0.145 e. The van der Waals surface area contributed by atoms with Crippen LogP contribution in [0, 0.1) is 6.92 Å². The summed E-state index contributed by atoms with van der Waals surface area (Å²) in [5.41, 5.74) is 3.74. The lowest BCUT2D eigenvalue weighted by molar-refractivity contribution is 0.280. The molecular weight excluding hydrogens is 288 g/mol. The second-order valence-corrected chi connectivity index (χ2v) is 5.67. The van der Waals surface area contributed by atoms with Crippen molar-refractivity contribution >= 4 is 11.9 Å². The first kappa shape index (κ1) is 17.2. The Labute approximate surface area is 137 Å². The van der Waals surface area contributed by atoms with Crippen LogP contribution < -0.4 is 0 Å². The third-order valence-electron chi connectivity index (χ3n) is 3.88. The van der Waals surface area contributed by atoms with Gasteiger partial charge in [0.15, 0.2) is 0 Å². The van der Waals surface area contributed by atoms with Gasteiger partial charge in [-0.25, -0.2) is 0 Å². The van der Waals surface area contributed by atoms with Crippen molar-refractivity contribution in [3.8, 4) is 5.75 Å². The summed E-state index contributed by atoms with van der Waals surface area (Å²) in [6, 6.07) is 8.13. The van der Waals surface area contributed by atoms with Gasteiger partial charge in [0.2, 0.25) is 0 Å². The molecule has 122 valence electrons. The van der Waals surface area contributed by atoms with E-state index in [1.165, 1.54) is 24.8 Å². The summed E-state index contributed by atoms with van der Waals surface area (Å²) in [5, 5.41) is 19.4. The lowest BCUT2D eigenvalue weighted by Crippen LogP contribution is -1.97. The van der Waals surface area contributed by atoms with Crippen molar-refractivity contribution in [2.24, 2.45) is 4.99 Å². The van der Waals surface area contributed by atoms with Crippen LogP contribution in [0.1, 0.15) is 48.6 Å². The predicted molar refractivity (Wildman–Crippen MR) is 93.5 cm³/mol. The van der Waals surface area contributed by atoms with Crippen LogP contribution in [0.3, 0.4) is 0 Å². The Bertz CT molecular complexity index is 664. The molecule has 0 atom stereocenters. The lowest BCUT2D eigenvalue weighted by Gasteiger charge is -2.07. The Hall–Kier alpha value is -2.20. The third kappa shape index (κ3) is 4.63. The van der Waals surface area contributed by atoms with Gasteiger partial charge in [-0.1, -0.05) is 31.9 Å². The van der Waals surface area contributed by atoms with Gasteiger partial charge in [-0.05, 0) is 37.5 Å². The van der Waals surface area contributed by atoms with Crippen LogP contribution in [0.5, 0.6) is 5.75 Å². The van der Waals surface area contributed by atoms with Crippen LogP contribution in [0.25, 0.3) is 0 Å². The number of hydrogen-bond acceptors (Lipinski definition) is 4. The van der Waals surface area contributed by atoms with Gasteiger partial charge < -0.3 is 10.2 Å². The number of benzene rings is 1. The first-order chi connectivity index (χ1) is 11.2. The molecule has 1 aromatic heterocycles. The molecular formula is C19H24N2O2. The Kier molecular flexibility index (Phi) is 6.29. The summed E-state index contributed by atoms with van der Waals surface area (Å²) < 4.78 is 0. The van der Waals surface area contributed by atoms with Crippen molar-refractivity contribution in [3.63, 3.8) is 0 Å². The van der Waals surface area contributed by atoms with E-state index in [1.54, 1.807) is 19.3 Å². The largest absolute Gasteiger partial charge is 0.505 e. The first-order valence-electron chi connectivity index (χ1n) is 8.07. The molecule has 0 amide bonds. The van der Waals surface area contributed by atoms with E-state index in [0.717, 1.165) is 12.1 Å². The molecule has 0 radical (unpaired) electrons. The van der Waals surface area contributed by atoms with E-state index in [-0.39, 0.29) is 12.4 Å². The van der Waals surface area contributed by atoms with Gasteiger partial charge in [0.1, 0.15) is 5.75 Å². The Morgan fingerprint density at radius 3 is 2.57 bits per heavy atom. The summed E-state index contributed by atoms with van der Waals surface area (Å²) >= 11 is 0. The number of aliphatic hydroxyl groups is 1.